The molecule has 0 radical (unpaired) electrons. The van der Waals surface area contributed by atoms with Gasteiger partial charge < -0.3 is 15.4 Å². The zero-order valence-electron chi connectivity index (χ0n) is 14.7. The number of ether oxygens (including phenoxy) is 1. The normalized spacial score (nSPS) is 16.9. The van der Waals surface area contributed by atoms with Crippen LogP contribution in [0.25, 0.3) is 0 Å². The van der Waals surface area contributed by atoms with Gasteiger partial charge in [-0.2, -0.15) is 0 Å². The van der Waals surface area contributed by atoms with Crippen molar-refractivity contribution in [3.8, 4) is 0 Å². The van der Waals surface area contributed by atoms with E-state index in [1.807, 2.05) is 6.07 Å². The summed E-state index contributed by atoms with van der Waals surface area (Å²) in [5.41, 5.74) is 1.81. The fourth-order valence-corrected chi connectivity index (χ4v) is 3.28. The van der Waals surface area contributed by atoms with E-state index in [9.17, 15) is 13.2 Å². The fourth-order valence-electron chi connectivity index (χ4n) is 2.76. The van der Waals surface area contributed by atoms with Gasteiger partial charge >= 0.3 is 0 Å². The molecule has 0 bridgehead atoms. The Morgan fingerprint density at radius 3 is 2.59 bits per heavy atom. The Bertz CT molecular complexity index is 877. The van der Waals surface area contributed by atoms with Gasteiger partial charge in [0.05, 0.1) is 16.8 Å². The summed E-state index contributed by atoms with van der Waals surface area (Å²) in [7, 11) is -3.66. The number of sulfonamides is 1. The molecule has 27 heavy (non-hydrogen) atoms. The smallest absolute Gasteiger partial charge is 0.254 e. The molecule has 0 spiro atoms. The second kappa shape index (κ2) is 8.47. The van der Waals surface area contributed by atoms with Crippen LogP contribution in [0, 0.1) is 0 Å². The number of pyridine rings is 1. The van der Waals surface area contributed by atoms with E-state index in [4.69, 9.17) is 9.88 Å². The lowest BCUT2D eigenvalue weighted by Gasteiger charge is -2.11. The molecule has 1 fully saturated rings. The molecule has 1 aliphatic rings. The van der Waals surface area contributed by atoms with Crippen molar-refractivity contribution in [2.24, 2.45) is 5.14 Å². The first-order valence-corrected chi connectivity index (χ1v) is 10.2. The van der Waals surface area contributed by atoms with Crippen molar-refractivity contribution in [3.63, 3.8) is 0 Å². The standard InChI is InChI=1S/C18H22N4O4S/c19-27(24,25)15-6-3-13(4-7-15)9-10-20-14-5-8-17(21-12-14)22-18(23)16-2-1-11-26-16/h3-8,12,16,20H,1-2,9-11H2,(H2,19,24,25)(H,21,22,23). The Balaban J connectivity index is 1.46. The molecule has 1 atom stereocenters. The van der Waals surface area contributed by atoms with Gasteiger partial charge in [-0.1, -0.05) is 12.1 Å². The van der Waals surface area contributed by atoms with E-state index in [0.717, 1.165) is 24.1 Å². The first-order chi connectivity index (χ1) is 12.9. The topological polar surface area (TPSA) is 123 Å². The lowest BCUT2D eigenvalue weighted by molar-refractivity contribution is -0.124. The van der Waals surface area contributed by atoms with E-state index in [-0.39, 0.29) is 16.9 Å². The van der Waals surface area contributed by atoms with Gasteiger partial charge in [-0.3, -0.25) is 4.79 Å². The number of carbonyl (C=O) groups is 1. The Morgan fingerprint density at radius 1 is 1.22 bits per heavy atom. The Kier molecular flexibility index (Phi) is 6.04. The summed E-state index contributed by atoms with van der Waals surface area (Å²) in [6.45, 7) is 1.27. The van der Waals surface area contributed by atoms with Gasteiger partial charge in [0.15, 0.2) is 0 Å². The van der Waals surface area contributed by atoms with Crippen LogP contribution in [0.4, 0.5) is 11.5 Å². The molecular formula is C18H22N4O4S. The Morgan fingerprint density at radius 2 is 2.00 bits per heavy atom. The average molecular weight is 390 g/mol. The third-order valence-electron chi connectivity index (χ3n) is 4.23. The van der Waals surface area contributed by atoms with Gasteiger partial charge in [0.1, 0.15) is 11.9 Å². The third-order valence-corrected chi connectivity index (χ3v) is 5.16. The number of anilines is 2. The second-order valence-corrected chi connectivity index (χ2v) is 7.85. The summed E-state index contributed by atoms with van der Waals surface area (Å²) in [4.78, 5) is 16.3. The molecule has 9 heteroatoms. The van der Waals surface area contributed by atoms with Crippen molar-refractivity contribution in [1.29, 1.82) is 0 Å². The molecule has 1 aliphatic heterocycles. The molecule has 0 aliphatic carbocycles. The number of nitrogens with zero attached hydrogens (tertiary/aromatic N) is 1. The van der Waals surface area contributed by atoms with E-state index in [1.54, 1.807) is 24.4 Å². The summed E-state index contributed by atoms with van der Waals surface area (Å²) in [6.07, 6.45) is 3.62. The van der Waals surface area contributed by atoms with E-state index in [2.05, 4.69) is 15.6 Å². The number of benzene rings is 1. The molecule has 1 aromatic carbocycles. The monoisotopic (exact) mass is 390 g/mol. The molecule has 2 aromatic rings. The number of hydrogen-bond donors (Lipinski definition) is 3. The number of carbonyl (C=O) groups excluding carboxylic acids is 1. The van der Waals surface area contributed by atoms with Crippen molar-refractivity contribution in [3.05, 3.63) is 48.2 Å². The lowest BCUT2D eigenvalue weighted by atomic mass is 10.1. The highest BCUT2D eigenvalue weighted by Crippen LogP contribution is 2.15. The predicted octanol–water partition coefficient (Wildman–Crippen LogP) is 1.50. The van der Waals surface area contributed by atoms with Crippen LogP contribution in [0.15, 0.2) is 47.5 Å². The minimum Gasteiger partial charge on any atom is -0.383 e. The second-order valence-electron chi connectivity index (χ2n) is 6.29. The number of hydrogen-bond acceptors (Lipinski definition) is 6. The Hall–Kier alpha value is -2.49. The van der Waals surface area contributed by atoms with E-state index >= 15 is 0 Å². The molecule has 2 heterocycles. The van der Waals surface area contributed by atoms with E-state index in [1.165, 1.54) is 12.1 Å². The van der Waals surface area contributed by atoms with Gasteiger partial charge in [-0.05, 0) is 49.1 Å². The summed E-state index contributed by atoms with van der Waals surface area (Å²) < 4.78 is 27.8. The highest BCUT2D eigenvalue weighted by atomic mass is 32.2. The first-order valence-electron chi connectivity index (χ1n) is 8.66. The van der Waals surface area contributed by atoms with Crippen LogP contribution in [0.3, 0.4) is 0 Å². The molecule has 0 saturated carbocycles. The lowest BCUT2D eigenvalue weighted by Crippen LogP contribution is -2.27. The van der Waals surface area contributed by atoms with Crippen LogP contribution in [-0.4, -0.2) is 38.6 Å². The van der Waals surface area contributed by atoms with Crippen LogP contribution in [0.1, 0.15) is 18.4 Å². The zero-order valence-corrected chi connectivity index (χ0v) is 15.5. The molecule has 144 valence electrons. The van der Waals surface area contributed by atoms with Crippen molar-refractivity contribution >= 4 is 27.4 Å². The van der Waals surface area contributed by atoms with E-state index < -0.39 is 10.0 Å². The minimum atomic E-state index is -3.66. The maximum Gasteiger partial charge on any atom is 0.254 e. The van der Waals surface area contributed by atoms with Gasteiger partial charge in [0.25, 0.3) is 5.91 Å². The van der Waals surface area contributed by atoms with Gasteiger partial charge in [-0.25, -0.2) is 18.5 Å². The molecular weight excluding hydrogens is 368 g/mol. The number of amides is 1. The summed E-state index contributed by atoms with van der Waals surface area (Å²) in [5, 5.41) is 11.1. The number of aromatic nitrogens is 1. The largest absolute Gasteiger partial charge is 0.383 e. The summed E-state index contributed by atoms with van der Waals surface area (Å²) in [5.74, 6) is 0.322. The molecule has 1 unspecified atom stereocenters. The van der Waals surface area contributed by atoms with Crippen LogP contribution in [0.5, 0.6) is 0 Å². The summed E-state index contributed by atoms with van der Waals surface area (Å²) in [6, 6.07) is 10.0. The highest BCUT2D eigenvalue weighted by Gasteiger charge is 2.23. The summed E-state index contributed by atoms with van der Waals surface area (Å²) >= 11 is 0. The van der Waals surface area contributed by atoms with Crippen molar-refractivity contribution in [2.75, 3.05) is 23.8 Å². The van der Waals surface area contributed by atoms with Gasteiger partial charge in [-0.15, -0.1) is 0 Å². The molecule has 8 nitrogen and oxygen atoms in total. The molecule has 4 N–H and O–H groups in total. The molecule has 1 amide bonds. The van der Waals surface area contributed by atoms with Crippen molar-refractivity contribution < 1.29 is 17.9 Å². The molecule has 1 aromatic heterocycles. The fraction of sp³-hybridized carbons (Fsp3) is 0.333. The predicted molar refractivity (Wildman–Crippen MR) is 102 cm³/mol. The number of nitrogens with two attached hydrogens (primary N) is 1. The number of rotatable bonds is 7. The Labute approximate surface area is 158 Å². The quantitative estimate of drug-likeness (QED) is 0.658. The van der Waals surface area contributed by atoms with Crippen LogP contribution in [-0.2, 0) is 26.0 Å². The van der Waals surface area contributed by atoms with Crippen LogP contribution < -0.4 is 15.8 Å². The number of primary sulfonamides is 1. The number of nitrogens with one attached hydrogen (secondary N) is 2. The maximum absolute atomic E-state index is 12.0. The first kappa shape index (κ1) is 19.3. The third kappa shape index (κ3) is 5.49. The molecule has 3 rings (SSSR count). The average Bonchev–Trinajstić information content (AvgIpc) is 3.18. The van der Waals surface area contributed by atoms with Crippen LogP contribution >= 0.6 is 0 Å². The maximum atomic E-state index is 12.0. The minimum absolute atomic E-state index is 0.101. The van der Waals surface area contributed by atoms with Crippen molar-refractivity contribution in [1.82, 2.24) is 4.98 Å². The van der Waals surface area contributed by atoms with Crippen molar-refractivity contribution in [2.45, 2.75) is 30.3 Å². The van der Waals surface area contributed by atoms with E-state index in [0.29, 0.717) is 25.4 Å². The molecule has 1 saturated heterocycles. The SMILES string of the molecule is NS(=O)(=O)c1ccc(CCNc2ccc(NC(=O)C3CCCO3)nc2)cc1. The van der Waals surface area contributed by atoms with Gasteiger partial charge in [0.2, 0.25) is 10.0 Å². The zero-order chi connectivity index (χ0) is 19.3. The van der Waals surface area contributed by atoms with Crippen LogP contribution in [0.2, 0.25) is 0 Å². The van der Waals surface area contributed by atoms with Gasteiger partial charge in [0, 0.05) is 13.2 Å². The highest BCUT2D eigenvalue weighted by molar-refractivity contribution is 7.89.